The predicted molar refractivity (Wildman–Crippen MR) is 110 cm³/mol. The zero-order chi connectivity index (χ0) is 18.4. The minimum absolute atomic E-state index is 0.871. The van der Waals surface area contributed by atoms with Crippen LogP contribution in [0, 0.1) is 13.8 Å². The van der Waals surface area contributed by atoms with Crippen LogP contribution in [0.15, 0.2) is 79.0 Å². The predicted octanol–water partition coefficient (Wildman–Crippen LogP) is 6.81. The Hall–Kier alpha value is -3.39. The Balaban J connectivity index is 1.75. The van der Waals surface area contributed by atoms with Crippen molar-refractivity contribution in [2.75, 3.05) is 0 Å². The second kappa shape index (κ2) is 6.10. The molecule has 5 rings (SSSR count). The molecule has 0 saturated carbocycles. The molecule has 4 aromatic rings. The van der Waals surface area contributed by atoms with E-state index in [0.717, 1.165) is 45.0 Å². The van der Waals surface area contributed by atoms with Gasteiger partial charge in [-0.2, -0.15) is 0 Å². The van der Waals surface area contributed by atoms with E-state index in [4.69, 9.17) is 4.74 Å². The van der Waals surface area contributed by atoms with Gasteiger partial charge < -0.3 is 4.74 Å². The molecule has 0 N–H and O–H groups in total. The van der Waals surface area contributed by atoms with Crippen molar-refractivity contribution in [3.8, 4) is 45.0 Å². The number of hydrogen-bond acceptors (Lipinski definition) is 2. The summed E-state index contributed by atoms with van der Waals surface area (Å²) in [5, 5.41) is 0. The van der Waals surface area contributed by atoms with Crippen molar-refractivity contribution in [1.29, 1.82) is 0 Å². The summed E-state index contributed by atoms with van der Waals surface area (Å²) in [5.74, 6) is 1.80. The quantitative estimate of drug-likeness (QED) is 0.332. The zero-order valence-corrected chi connectivity index (χ0v) is 15.4. The van der Waals surface area contributed by atoms with Crippen LogP contribution in [0.5, 0.6) is 11.5 Å². The lowest BCUT2D eigenvalue weighted by atomic mass is 9.93. The molecular formula is C25H19NO. The fourth-order valence-corrected chi connectivity index (χ4v) is 3.69. The molecule has 0 saturated heterocycles. The number of fused-ring (bicyclic) bond motifs is 5. The van der Waals surface area contributed by atoms with Gasteiger partial charge in [-0.3, -0.25) is 4.98 Å². The van der Waals surface area contributed by atoms with Crippen LogP contribution in [-0.2, 0) is 0 Å². The highest BCUT2D eigenvalue weighted by Crippen LogP contribution is 2.48. The molecule has 130 valence electrons. The van der Waals surface area contributed by atoms with Gasteiger partial charge in [-0.1, -0.05) is 54.6 Å². The molecule has 0 atom stereocenters. The van der Waals surface area contributed by atoms with E-state index in [1.165, 1.54) is 11.1 Å². The molecule has 1 aliphatic rings. The highest BCUT2D eigenvalue weighted by atomic mass is 16.5. The topological polar surface area (TPSA) is 22.1 Å². The Kier molecular flexibility index (Phi) is 3.58. The van der Waals surface area contributed by atoms with Gasteiger partial charge in [0.1, 0.15) is 11.5 Å². The average molecular weight is 349 g/mol. The molecule has 0 aliphatic carbocycles. The highest BCUT2D eigenvalue weighted by molar-refractivity contribution is 5.91. The third kappa shape index (κ3) is 2.61. The number of nitrogens with zero attached hydrogens (tertiary/aromatic N) is 1. The maximum absolute atomic E-state index is 6.47. The van der Waals surface area contributed by atoms with Crippen LogP contribution in [0.2, 0.25) is 0 Å². The van der Waals surface area contributed by atoms with Crippen molar-refractivity contribution in [3.05, 3.63) is 90.1 Å². The number of aromatic nitrogens is 1. The number of aryl methyl sites for hydroxylation is 2. The van der Waals surface area contributed by atoms with Crippen LogP contribution < -0.4 is 4.74 Å². The van der Waals surface area contributed by atoms with E-state index in [2.05, 4.69) is 84.7 Å². The van der Waals surface area contributed by atoms with Crippen molar-refractivity contribution in [3.63, 3.8) is 0 Å². The summed E-state index contributed by atoms with van der Waals surface area (Å²) >= 11 is 0. The van der Waals surface area contributed by atoms with Gasteiger partial charge in [0.15, 0.2) is 0 Å². The third-order valence-electron chi connectivity index (χ3n) is 5.12. The maximum atomic E-state index is 6.47. The third-order valence-corrected chi connectivity index (χ3v) is 5.12. The SMILES string of the molecule is Cc1ccc(-c2ccc3c(c2)Oc2c(C)cccc2-c2ccccc2-3)nc1. The molecule has 2 heteroatoms. The molecular weight excluding hydrogens is 330 g/mol. The van der Waals surface area contributed by atoms with Gasteiger partial charge in [0.2, 0.25) is 0 Å². The number of pyridine rings is 1. The minimum Gasteiger partial charge on any atom is -0.456 e. The van der Waals surface area contributed by atoms with Gasteiger partial charge in [-0.05, 0) is 54.3 Å². The second-order valence-electron chi connectivity index (χ2n) is 7.03. The molecule has 0 amide bonds. The Morgan fingerprint density at radius 1 is 0.704 bits per heavy atom. The summed E-state index contributed by atoms with van der Waals surface area (Å²) < 4.78 is 6.47. The van der Waals surface area contributed by atoms with Crippen molar-refractivity contribution in [2.24, 2.45) is 0 Å². The normalized spacial score (nSPS) is 11.6. The number of para-hydroxylation sites is 1. The number of rotatable bonds is 1. The summed E-state index contributed by atoms with van der Waals surface area (Å²) in [6.07, 6.45) is 1.90. The first kappa shape index (κ1) is 15.8. The lowest BCUT2D eigenvalue weighted by Crippen LogP contribution is -1.91. The lowest BCUT2D eigenvalue weighted by Gasteiger charge is -2.13. The molecule has 0 fully saturated rings. The summed E-state index contributed by atoms with van der Waals surface area (Å²) in [7, 11) is 0. The molecule has 1 aliphatic heterocycles. The summed E-state index contributed by atoms with van der Waals surface area (Å²) in [5.41, 5.74) is 8.94. The van der Waals surface area contributed by atoms with Crippen LogP contribution in [0.3, 0.4) is 0 Å². The van der Waals surface area contributed by atoms with Crippen LogP contribution in [-0.4, -0.2) is 4.98 Å². The average Bonchev–Trinajstić information content (AvgIpc) is 2.84. The number of ether oxygens (including phenoxy) is 1. The van der Waals surface area contributed by atoms with Crippen molar-refractivity contribution in [1.82, 2.24) is 4.98 Å². The summed E-state index contributed by atoms with van der Waals surface area (Å²) in [6, 6.07) is 25.3. The first-order valence-corrected chi connectivity index (χ1v) is 9.15. The lowest BCUT2D eigenvalue weighted by molar-refractivity contribution is 0.484. The standard InChI is InChI=1S/C25H19NO/c1-16-10-13-23(26-15-16)18-11-12-21-19-7-3-4-8-20(19)22-9-5-6-17(2)25(22)27-24(21)14-18/h3-15H,1-2H3. The fourth-order valence-electron chi connectivity index (χ4n) is 3.69. The molecule has 0 spiro atoms. The Morgan fingerprint density at radius 3 is 2.26 bits per heavy atom. The first-order chi connectivity index (χ1) is 13.2. The molecule has 0 bridgehead atoms. The molecule has 2 nitrogen and oxygen atoms in total. The number of benzene rings is 3. The van der Waals surface area contributed by atoms with E-state index in [1.807, 2.05) is 13.1 Å². The molecule has 3 aromatic carbocycles. The van der Waals surface area contributed by atoms with Crippen LogP contribution in [0.1, 0.15) is 11.1 Å². The van der Waals surface area contributed by atoms with Gasteiger partial charge in [0, 0.05) is 22.9 Å². The van der Waals surface area contributed by atoms with E-state index in [0.29, 0.717) is 0 Å². The van der Waals surface area contributed by atoms with E-state index < -0.39 is 0 Å². The van der Waals surface area contributed by atoms with E-state index in [-0.39, 0.29) is 0 Å². The van der Waals surface area contributed by atoms with E-state index >= 15 is 0 Å². The second-order valence-corrected chi connectivity index (χ2v) is 7.03. The molecule has 2 heterocycles. The van der Waals surface area contributed by atoms with Crippen molar-refractivity contribution < 1.29 is 4.74 Å². The monoisotopic (exact) mass is 349 g/mol. The molecule has 0 unspecified atom stereocenters. The first-order valence-electron chi connectivity index (χ1n) is 9.15. The van der Waals surface area contributed by atoms with Crippen LogP contribution in [0.25, 0.3) is 33.5 Å². The Morgan fingerprint density at radius 2 is 1.48 bits per heavy atom. The zero-order valence-electron chi connectivity index (χ0n) is 15.4. The van der Waals surface area contributed by atoms with Crippen LogP contribution in [0.4, 0.5) is 0 Å². The van der Waals surface area contributed by atoms with Crippen LogP contribution >= 0.6 is 0 Å². The van der Waals surface area contributed by atoms with Gasteiger partial charge in [-0.25, -0.2) is 0 Å². The highest BCUT2D eigenvalue weighted by Gasteiger charge is 2.22. The van der Waals surface area contributed by atoms with Crippen molar-refractivity contribution >= 4 is 0 Å². The van der Waals surface area contributed by atoms with E-state index in [9.17, 15) is 0 Å². The summed E-state index contributed by atoms with van der Waals surface area (Å²) in [4.78, 5) is 4.57. The Bertz CT molecular complexity index is 1160. The fraction of sp³-hybridized carbons (Fsp3) is 0.0800. The smallest absolute Gasteiger partial charge is 0.138 e. The largest absolute Gasteiger partial charge is 0.456 e. The molecule has 27 heavy (non-hydrogen) atoms. The number of hydrogen-bond donors (Lipinski definition) is 0. The van der Waals surface area contributed by atoms with Gasteiger partial charge in [-0.15, -0.1) is 0 Å². The van der Waals surface area contributed by atoms with E-state index in [1.54, 1.807) is 0 Å². The van der Waals surface area contributed by atoms with Gasteiger partial charge >= 0.3 is 0 Å². The van der Waals surface area contributed by atoms with Gasteiger partial charge in [0.05, 0.1) is 5.69 Å². The minimum atomic E-state index is 0.871. The van der Waals surface area contributed by atoms with Gasteiger partial charge in [0.25, 0.3) is 0 Å². The Labute approximate surface area is 159 Å². The molecule has 0 radical (unpaired) electrons. The summed E-state index contributed by atoms with van der Waals surface area (Å²) in [6.45, 7) is 4.14. The maximum Gasteiger partial charge on any atom is 0.138 e. The van der Waals surface area contributed by atoms with Crippen molar-refractivity contribution in [2.45, 2.75) is 13.8 Å². The molecule has 1 aromatic heterocycles.